The van der Waals surface area contributed by atoms with Gasteiger partial charge in [-0.25, -0.2) is 18.4 Å². The maximum atomic E-state index is 13.5. The van der Waals surface area contributed by atoms with Crippen LogP contribution in [0, 0.1) is 11.3 Å². The summed E-state index contributed by atoms with van der Waals surface area (Å²) in [4.78, 5) is 12.8. The quantitative estimate of drug-likeness (QED) is 0.267. The number of pyridine rings is 1. The van der Waals surface area contributed by atoms with Gasteiger partial charge in [0.25, 0.3) is 15.9 Å². The lowest BCUT2D eigenvalue weighted by molar-refractivity contribution is 0.192. The fourth-order valence-electron chi connectivity index (χ4n) is 3.62. The summed E-state index contributed by atoms with van der Waals surface area (Å²) in [7, 11) is -2.69. The summed E-state index contributed by atoms with van der Waals surface area (Å²) in [6.45, 7) is 3.51. The van der Waals surface area contributed by atoms with Crippen molar-refractivity contribution in [3.8, 4) is 40.6 Å². The predicted octanol–water partition coefficient (Wildman–Crippen LogP) is 4.51. The highest BCUT2D eigenvalue weighted by atomic mass is 32.2. The van der Waals surface area contributed by atoms with Crippen LogP contribution in [0.2, 0.25) is 0 Å². The molecule has 12 heteroatoms. The van der Waals surface area contributed by atoms with E-state index >= 15 is 0 Å². The van der Waals surface area contributed by atoms with Crippen molar-refractivity contribution in [1.29, 1.82) is 5.26 Å². The van der Waals surface area contributed by atoms with Crippen molar-refractivity contribution in [3.05, 3.63) is 78.1 Å². The molecule has 0 amide bonds. The molecule has 2 aromatic heterocycles. The van der Waals surface area contributed by atoms with Gasteiger partial charge in [0.1, 0.15) is 18.4 Å². The topological polar surface area (TPSA) is 157 Å². The molecule has 2 aromatic carbocycles. The molecule has 2 N–H and O–H groups in total. The number of para-hydroxylation sites is 2. The molecule has 0 atom stereocenters. The second-order valence-electron chi connectivity index (χ2n) is 8.73. The smallest absolute Gasteiger partial charge is 0.263 e. The lowest BCUT2D eigenvalue weighted by atomic mass is 10.0. The number of aliphatic hydroxyl groups is 1. The zero-order chi connectivity index (χ0) is 28.7. The molecule has 0 aliphatic heterocycles. The van der Waals surface area contributed by atoms with Crippen molar-refractivity contribution in [2.24, 2.45) is 0 Å². The molecule has 11 nitrogen and oxygen atoms in total. The van der Waals surface area contributed by atoms with E-state index in [-0.39, 0.29) is 58.7 Å². The summed E-state index contributed by atoms with van der Waals surface area (Å²) in [5.74, 6) is 0.337. The van der Waals surface area contributed by atoms with Gasteiger partial charge in [0.05, 0.1) is 18.6 Å². The van der Waals surface area contributed by atoms with E-state index < -0.39 is 10.0 Å². The third kappa shape index (κ3) is 6.45. The van der Waals surface area contributed by atoms with Crippen LogP contribution >= 0.6 is 0 Å². The molecule has 0 aliphatic rings. The van der Waals surface area contributed by atoms with Gasteiger partial charge in [0.15, 0.2) is 23.1 Å². The van der Waals surface area contributed by atoms with Crippen LogP contribution in [0.15, 0.2) is 71.8 Å². The van der Waals surface area contributed by atoms with E-state index in [4.69, 9.17) is 14.2 Å². The van der Waals surface area contributed by atoms with E-state index in [1.54, 1.807) is 42.5 Å². The zero-order valence-electron chi connectivity index (χ0n) is 22.0. The number of hydrogen-bond acceptors (Lipinski definition) is 10. The first-order chi connectivity index (χ1) is 19.2. The van der Waals surface area contributed by atoms with Gasteiger partial charge in [0.2, 0.25) is 5.75 Å². The average molecular weight is 562 g/mol. The van der Waals surface area contributed by atoms with E-state index in [1.165, 1.54) is 31.5 Å². The lowest BCUT2D eigenvalue weighted by Gasteiger charge is -2.18. The highest BCUT2D eigenvalue weighted by molar-refractivity contribution is 7.92. The number of ether oxygens (including phenoxy) is 3. The van der Waals surface area contributed by atoms with Crippen LogP contribution in [0.5, 0.6) is 23.1 Å². The van der Waals surface area contributed by atoms with Gasteiger partial charge in [-0.2, -0.15) is 10.2 Å². The fraction of sp³-hybridized carbons (Fsp3) is 0.214. The second kappa shape index (κ2) is 12.4. The summed E-state index contributed by atoms with van der Waals surface area (Å²) in [5.41, 5.74) is 1.47. The van der Waals surface area contributed by atoms with E-state index in [0.717, 1.165) is 5.56 Å². The number of methoxy groups -OCH3 is 1. The highest BCUT2D eigenvalue weighted by Gasteiger charge is 2.25. The van der Waals surface area contributed by atoms with Crippen LogP contribution in [-0.2, 0) is 10.0 Å². The molecule has 0 spiro atoms. The van der Waals surface area contributed by atoms with Gasteiger partial charge in [0, 0.05) is 11.8 Å². The molecular weight excluding hydrogens is 534 g/mol. The van der Waals surface area contributed by atoms with E-state index in [9.17, 15) is 18.8 Å². The lowest BCUT2D eigenvalue weighted by Crippen LogP contribution is -2.16. The number of nitrogens with one attached hydrogen (secondary N) is 1. The number of nitriles is 1. The Kier molecular flexibility index (Phi) is 8.78. The molecule has 0 fully saturated rings. The van der Waals surface area contributed by atoms with Gasteiger partial charge < -0.3 is 19.3 Å². The minimum Gasteiger partial charge on any atom is -0.493 e. The zero-order valence-corrected chi connectivity index (χ0v) is 22.8. The van der Waals surface area contributed by atoms with E-state index in [2.05, 4.69) is 19.7 Å². The number of sulfonamides is 1. The first-order valence-electron chi connectivity index (χ1n) is 12.2. The van der Waals surface area contributed by atoms with E-state index in [1.807, 2.05) is 19.9 Å². The Morgan fingerprint density at radius 1 is 1.05 bits per heavy atom. The maximum Gasteiger partial charge on any atom is 0.263 e. The number of aromatic nitrogens is 3. The molecule has 0 bridgehead atoms. The molecule has 4 aromatic rings. The highest BCUT2D eigenvalue weighted by Crippen LogP contribution is 2.41. The summed E-state index contributed by atoms with van der Waals surface area (Å²) in [6.07, 6.45) is 1.41. The third-order valence-corrected chi connectivity index (χ3v) is 7.02. The monoisotopic (exact) mass is 561 g/mol. The largest absolute Gasteiger partial charge is 0.493 e. The minimum absolute atomic E-state index is 0.00816. The Balaban J connectivity index is 1.89. The first kappa shape index (κ1) is 28.3. The molecule has 4 rings (SSSR count). The summed E-state index contributed by atoms with van der Waals surface area (Å²) < 4.78 is 46.6. The molecule has 0 saturated heterocycles. The average Bonchev–Trinajstić information content (AvgIpc) is 2.97. The van der Waals surface area contributed by atoms with Gasteiger partial charge in [-0.05, 0) is 47.9 Å². The Hall–Kier alpha value is -4.73. The van der Waals surface area contributed by atoms with Crippen molar-refractivity contribution in [2.45, 2.75) is 24.7 Å². The third-order valence-electron chi connectivity index (χ3n) is 5.67. The van der Waals surface area contributed by atoms with Crippen molar-refractivity contribution in [2.75, 3.05) is 25.0 Å². The number of nitrogens with zero attached hydrogens (tertiary/aromatic N) is 4. The van der Waals surface area contributed by atoms with Gasteiger partial charge >= 0.3 is 0 Å². The molecule has 0 radical (unpaired) electrons. The number of anilines is 1. The van der Waals surface area contributed by atoms with Crippen LogP contribution in [0.4, 0.5) is 5.82 Å². The van der Waals surface area contributed by atoms with Crippen molar-refractivity contribution in [1.82, 2.24) is 15.0 Å². The maximum absolute atomic E-state index is 13.5. The van der Waals surface area contributed by atoms with Gasteiger partial charge in [-0.1, -0.05) is 38.1 Å². The summed E-state index contributed by atoms with van der Waals surface area (Å²) in [5, 5.41) is 18.7. The Bertz CT molecular complexity index is 1640. The number of benzene rings is 2. The van der Waals surface area contributed by atoms with Crippen LogP contribution in [0.1, 0.15) is 31.0 Å². The molecule has 0 saturated carbocycles. The molecular formula is C28H27N5O6S. The standard InChI is InChI=1S/C28H27N5O6S/c1-18(2)19-8-10-22(11-9-19)40(35,36)33-27-25(39-24-7-5-4-6-23(24)37-3)28(38-15-14-34)32-26(31-27)20-12-13-30-21(16-20)17-29/h4-13,16,18,34H,14-15H2,1-3H3,(H,31,32,33). The van der Waals surface area contributed by atoms with Crippen LogP contribution < -0.4 is 18.9 Å². The number of rotatable bonds is 11. The first-order valence-corrected chi connectivity index (χ1v) is 13.7. The molecule has 206 valence electrons. The van der Waals surface area contributed by atoms with Gasteiger partial charge in [-0.15, -0.1) is 0 Å². The Morgan fingerprint density at radius 2 is 1.77 bits per heavy atom. The molecule has 2 heterocycles. The Labute approximate surface area is 232 Å². The summed E-state index contributed by atoms with van der Waals surface area (Å²) in [6, 6.07) is 18.2. The molecule has 40 heavy (non-hydrogen) atoms. The summed E-state index contributed by atoms with van der Waals surface area (Å²) >= 11 is 0. The normalized spacial score (nSPS) is 11.1. The second-order valence-corrected chi connectivity index (χ2v) is 10.4. The van der Waals surface area contributed by atoms with Crippen LogP contribution in [-0.4, -0.2) is 48.8 Å². The number of hydrogen-bond donors (Lipinski definition) is 2. The fourth-order valence-corrected chi connectivity index (χ4v) is 4.63. The minimum atomic E-state index is -4.16. The van der Waals surface area contributed by atoms with E-state index in [0.29, 0.717) is 11.3 Å². The van der Waals surface area contributed by atoms with Crippen molar-refractivity contribution >= 4 is 15.8 Å². The Morgan fingerprint density at radius 3 is 2.42 bits per heavy atom. The van der Waals surface area contributed by atoms with Gasteiger partial charge in [-0.3, -0.25) is 4.72 Å². The molecule has 0 aliphatic carbocycles. The van der Waals surface area contributed by atoms with Crippen LogP contribution in [0.25, 0.3) is 11.4 Å². The van der Waals surface area contributed by atoms with Crippen molar-refractivity contribution in [3.63, 3.8) is 0 Å². The predicted molar refractivity (Wildman–Crippen MR) is 147 cm³/mol. The molecule has 0 unspecified atom stereocenters. The van der Waals surface area contributed by atoms with Crippen molar-refractivity contribution < 1.29 is 27.7 Å². The SMILES string of the molecule is COc1ccccc1Oc1c(NS(=O)(=O)c2ccc(C(C)C)cc2)nc(-c2ccnc(C#N)c2)nc1OCCO. The number of aliphatic hydroxyl groups excluding tert-OH is 1. The van der Waals surface area contributed by atoms with Crippen LogP contribution in [0.3, 0.4) is 0 Å².